The fourth-order valence-electron chi connectivity index (χ4n) is 6.75. The molecule has 4 nitrogen and oxygen atoms in total. The van der Waals surface area contributed by atoms with Gasteiger partial charge in [0, 0.05) is 28.1 Å². The van der Waals surface area contributed by atoms with Gasteiger partial charge < -0.3 is 4.90 Å². The monoisotopic (exact) mass is 626 g/mol. The summed E-state index contributed by atoms with van der Waals surface area (Å²) in [5, 5.41) is 7.35. The first-order valence-electron chi connectivity index (χ1n) is 16.5. The van der Waals surface area contributed by atoms with E-state index in [1.54, 1.807) is 0 Å². The third kappa shape index (κ3) is 5.26. The molecule has 0 spiro atoms. The smallest absolute Gasteiger partial charge is 0.166 e. The summed E-state index contributed by atoms with van der Waals surface area (Å²) in [5.74, 6) is 1.87. The Kier molecular flexibility index (Phi) is 7.10. The van der Waals surface area contributed by atoms with Gasteiger partial charge >= 0.3 is 0 Å². The largest absolute Gasteiger partial charge is 0.310 e. The van der Waals surface area contributed by atoms with Crippen LogP contribution in [-0.4, -0.2) is 15.0 Å². The molecule has 0 atom stereocenters. The highest BCUT2D eigenvalue weighted by molar-refractivity contribution is 6.17. The number of hydrogen-bond acceptors (Lipinski definition) is 4. The second-order valence-electron chi connectivity index (χ2n) is 12.1. The zero-order valence-corrected chi connectivity index (χ0v) is 26.6. The number of fused-ring (bicyclic) bond motifs is 5. The molecule has 0 aliphatic rings. The van der Waals surface area contributed by atoms with E-state index in [0.717, 1.165) is 39.1 Å². The molecule has 0 unspecified atom stereocenters. The van der Waals surface area contributed by atoms with Crippen molar-refractivity contribution in [2.24, 2.45) is 0 Å². The molecule has 0 bridgehead atoms. The highest BCUT2D eigenvalue weighted by Gasteiger charge is 2.20. The molecular weight excluding hydrogens is 597 g/mol. The second-order valence-corrected chi connectivity index (χ2v) is 12.1. The van der Waals surface area contributed by atoms with Gasteiger partial charge in [-0.25, -0.2) is 15.0 Å². The molecule has 0 N–H and O–H groups in total. The van der Waals surface area contributed by atoms with Crippen molar-refractivity contribution < 1.29 is 0 Å². The Balaban J connectivity index is 1.23. The Hall–Kier alpha value is -6.65. The summed E-state index contributed by atoms with van der Waals surface area (Å²) in [4.78, 5) is 17.6. The first-order valence-corrected chi connectivity index (χ1v) is 16.5. The predicted octanol–water partition coefficient (Wildman–Crippen LogP) is 11.8. The van der Waals surface area contributed by atoms with Crippen molar-refractivity contribution >= 4 is 49.4 Å². The van der Waals surface area contributed by atoms with E-state index in [4.69, 9.17) is 15.0 Å². The van der Waals surface area contributed by atoms with Crippen LogP contribution < -0.4 is 4.90 Å². The molecule has 9 aromatic rings. The molecular formula is C45H30N4. The van der Waals surface area contributed by atoms with Crippen molar-refractivity contribution in [1.29, 1.82) is 0 Å². The van der Waals surface area contributed by atoms with Gasteiger partial charge in [0.25, 0.3) is 0 Å². The molecule has 0 fully saturated rings. The quantitative estimate of drug-likeness (QED) is 0.172. The van der Waals surface area contributed by atoms with Gasteiger partial charge in [0.2, 0.25) is 0 Å². The molecule has 230 valence electrons. The molecule has 1 aromatic heterocycles. The summed E-state index contributed by atoms with van der Waals surface area (Å²) in [7, 11) is 0. The Morgan fingerprint density at radius 3 is 1.55 bits per heavy atom. The summed E-state index contributed by atoms with van der Waals surface area (Å²) in [5.41, 5.74) is 5.87. The van der Waals surface area contributed by atoms with Crippen LogP contribution in [0, 0.1) is 0 Å². The molecule has 8 aromatic carbocycles. The number of hydrogen-bond donors (Lipinski definition) is 0. The summed E-state index contributed by atoms with van der Waals surface area (Å²) in [6.07, 6.45) is 0. The summed E-state index contributed by atoms with van der Waals surface area (Å²) in [6, 6.07) is 63.3. The molecule has 0 aliphatic heterocycles. The molecule has 0 saturated carbocycles. The maximum atomic E-state index is 5.19. The molecule has 0 radical (unpaired) electrons. The van der Waals surface area contributed by atoms with Gasteiger partial charge in [-0.15, -0.1) is 0 Å². The van der Waals surface area contributed by atoms with E-state index in [0.29, 0.717) is 17.5 Å². The van der Waals surface area contributed by atoms with Gasteiger partial charge in [-0.3, -0.25) is 0 Å². The maximum Gasteiger partial charge on any atom is 0.166 e. The van der Waals surface area contributed by atoms with E-state index in [1.165, 1.54) is 26.9 Å². The summed E-state index contributed by atoms with van der Waals surface area (Å²) < 4.78 is 0. The average Bonchev–Trinajstić information content (AvgIpc) is 3.19. The molecule has 4 heteroatoms. The lowest BCUT2D eigenvalue weighted by atomic mass is 9.96. The van der Waals surface area contributed by atoms with Gasteiger partial charge in [-0.2, -0.15) is 0 Å². The topological polar surface area (TPSA) is 41.9 Å². The fourth-order valence-corrected chi connectivity index (χ4v) is 6.75. The van der Waals surface area contributed by atoms with Crippen LogP contribution in [0.2, 0.25) is 0 Å². The normalized spacial score (nSPS) is 11.3. The number of nitrogens with zero attached hydrogens (tertiary/aromatic N) is 4. The minimum Gasteiger partial charge on any atom is -0.310 e. The van der Waals surface area contributed by atoms with Gasteiger partial charge in [-0.05, 0) is 74.8 Å². The zero-order chi connectivity index (χ0) is 32.6. The minimum atomic E-state index is 0.612. The van der Waals surface area contributed by atoms with Gasteiger partial charge in [0.15, 0.2) is 17.5 Å². The predicted molar refractivity (Wildman–Crippen MR) is 203 cm³/mol. The molecule has 0 saturated heterocycles. The van der Waals surface area contributed by atoms with Gasteiger partial charge in [-0.1, -0.05) is 140 Å². The Labute approximate surface area is 284 Å². The maximum absolute atomic E-state index is 5.19. The Bertz CT molecular complexity index is 2560. The van der Waals surface area contributed by atoms with Crippen LogP contribution in [0.5, 0.6) is 0 Å². The molecule has 0 aliphatic carbocycles. The Morgan fingerprint density at radius 2 is 0.837 bits per heavy atom. The SMILES string of the molecule is c1ccc(-c2nc(-c3ccc4c(ccc5c6ccccc6ccc45)c3)nc(-c3ccccc3N(c3ccccc3)c3ccccc3)n2)cc1. The van der Waals surface area contributed by atoms with Crippen molar-refractivity contribution in [3.63, 3.8) is 0 Å². The molecule has 9 rings (SSSR count). The number of rotatable bonds is 6. The number of anilines is 3. The first-order chi connectivity index (χ1) is 24.3. The van der Waals surface area contributed by atoms with Gasteiger partial charge in [0.05, 0.1) is 5.69 Å². The average molecular weight is 627 g/mol. The minimum absolute atomic E-state index is 0.612. The lowest BCUT2D eigenvalue weighted by Gasteiger charge is -2.27. The third-order valence-corrected chi connectivity index (χ3v) is 9.08. The highest BCUT2D eigenvalue weighted by atomic mass is 15.1. The van der Waals surface area contributed by atoms with Crippen molar-refractivity contribution in [3.8, 4) is 34.2 Å². The number of aromatic nitrogens is 3. The van der Waals surface area contributed by atoms with Crippen LogP contribution in [0.25, 0.3) is 66.5 Å². The van der Waals surface area contributed by atoms with E-state index in [-0.39, 0.29) is 0 Å². The lowest BCUT2D eigenvalue weighted by Crippen LogP contribution is -2.12. The third-order valence-electron chi connectivity index (χ3n) is 9.08. The van der Waals surface area contributed by atoms with Crippen LogP contribution in [0.4, 0.5) is 17.1 Å². The highest BCUT2D eigenvalue weighted by Crippen LogP contribution is 2.40. The van der Waals surface area contributed by atoms with Crippen LogP contribution in [0.1, 0.15) is 0 Å². The number of benzene rings is 8. The van der Waals surface area contributed by atoms with Crippen molar-refractivity contribution in [2.75, 3.05) is 4.90 Å². The molecule has 1 heterocycles. The summed E-state index contributed by atoms with van der Waals surface area (Å²) in [6.45, 7) is 0. The van der Waals surface area contributed by atoms with E-state index in [2.05, 4.69) is 138 Å². The summed E-state index contributed by atoms with van der Waals surface area (Å²) >= 11 is 0. The van der Waals surface area contributed by atoms with Crippen LogP contribution in [-0.2, 0) is 0 Å². The fraction of sp³-hybridized carbons (Fsp3) is 0. The lowest BCUT2D eigenvalue weighted by molar-refractivity contribution is 1.07. The first kappa shape index (κ1) is 28.6. The van der Waals surface area contributed by atoms with Crippen LogP contribution in [0.3, 0.4) is 0 Å². The van der Waals surface area contributed by atoms with E-state index in [9.17, 15) is 0 Å². The van der Waals surface area contributed by atoms with Gasteiger partial charge in [0.1, 0.15) is 0 Å². The van der Waals surface area contributed by atoms with E-state index in [1.807, 2.05) is 48.5 Å². The van der Waals surface area contributed by atoms with Crippen LogP contribution >= 0.6 is 0 Å². The van der Waals surface area contributed by atoms with E-state index >= 15 is 0 Å². The molecule has 49 heavy (non-hydrogen) atoms. The van der Waals surface area contributed by atoms with Crippen molar-refractivity contribution in [3.05, 3.63) is 182 Å². The van der Waals surface area contributed by atoms with Crippen molar-refractivity contribution in [1.82, 2.24) is 15.0 Å². The zero-order valence-electron chi connectivity index (χ0n) is 26.6. The molecule has 0 amide bonds. The van der Waals surface area contributed by atoms with E-state index < -0.39 is 0 Å². The van der Waals surface area contributed by atoms with Crippen molar-refractivity contribution in [2.45, 2.75) is 0 Å². The van der Waals surface area contributed by atoms with Crippen LogP contribution in [0.15, 0.2) is 182 Å². The Morgan fingerprint density at radius 1 is 0.327 bits per heavy atom. The number of para-hydroxylation sites is 3. The standard InChI is InChI=1S/C45H30N4/c1-4-15-32(16-5-1)43-46-44(34-26-27-38-33(30-34)25-29-39-37-21-11-10-14-31(37)24-28-40(38)39)48-45(47-43)41-22-12-13-23-42(41)49(35-17-6-2-7-18-35)36-19-8-3-9-20-36/h1-30H. The second kappa shape index (κ2) is 12.2.